The lowest BCUT2D eigenvalue weighted by atomic mass is 10.1. The van der Waals surface area contributed by atoms with E-state index in [1.165, 1.54) is 12.1 Å². The van der Waals surface area contributed by atoms with Gasteiger partial charge in [-0.1, -0.05) is 18.2 Å². The molecule has 0 aliphatic rings. The third-order valence-corrected chi connectivity index (χ3v) is 4.41. The molecule has 0 unspecified atom stereocenters. The highest BCUT2D eigenvalue weighted by atomic mass is 19.4. The number of halogens is 3. The number of amides is 1. The van der Waals surface area contributed by atoms with Gasteiger partial charge in [-0.05, 0) is 48.9 Å². The first kappa shape index (κ1) is 22.9. The van der Waals surface area contributed by atoms with E-state index in [1.807, 2.05) is 18.2 Å². The van der Waals surface area contributed by atoms with Crippen LogP contribution in [-0.4, -0.2) is 29.2 Å². The molecule has 3 rings (SSSR count). The number of carbonyl (C=O) groups is 1. The van der Waals surface area contributed by atoms with E-state index in [0.29, 0.717) is 23.4 Å². The second-order valence-electron chi connectivity index (χ2n) is 6.88. The molecule has 0 spiro atoms. The zero-order valence-electron chi connectivity index (χ0n) is 17.3. The third kappa shape index (κ3) is 6.10. The lowest BCUT2D eigenvalue weighted by molar-refractivity contribution is -0.274. The van der Waals surface area contributed by atoms with Crippen LogP contribution in [0, 0.1) is 6.92 Å². The van der Waals surface area contributed by atoms with Crippen molar-refractivity contribution in [2.45, 2.75) is 26.3 Å². The van der Waals surface area contributed by atoms with Gasteiger partial charge < -0.3 is 14.8 Å². The monoisotopic (exact) mass is 447 g/mol. The standard InChI is InChI=1S/C22H20F3N3O4/c1-14-11-16(12-15-5-3-4-6-19(15)31-2)21(30)28(27-14)13-20(29)26-17-7-9-18(10-8-17)32-22(23,24)25/h3-11H,12-13H2,1-2H3,(H,26,29). The molecule has 168 valence electrons. The van der Waals surface area contributed by atoms with Crippen LogP contribution in [0.3, 0.4) is 0 Å². The van der Waals surface area contributed by atoms with Gasteiger partial charge in [0, 0.05) is 17.7 Å². The van der Waals surface area contributed by atoms with Crippen LogP contribution in [0.4, 0.5) is 18.9 Å². The number of methoxy groups -OCH3 is 1. The van der Waals surface area contributed by atoms with E-state index in [2.05, 4.69) is 15.2 Å². The van der Waals surface area contributed by atoms with Crippen LogP contribution < -0.4 is 20.3 Å². The number of hydrogen-bond acceptors (Lipinski definition) is 5. The summed E-state index contributed by atoms with van der Waals surface area (Å²) < 4.78 is 46.9. The van der Waals surface area contributed by atoms with Crippen molar-refractivity contribution < 1.29 is 27.4 Å². The van der Waals surface area contributed by atoms with E-state index in [9.17, 15) is 22.8 Å². The van der Waals surface area contributed by atoms with Gasteiger partial charge >= 0.3 is 6.36 Å². The fraction of sp³-hybridized carbons (Fsp3) is 0.227. The fourth-order valence-corrected chi connectivity index (χ4v) is 3.11. The maximum Gasteiger partial charge on any atom is 0.573 e. The summed E-state index contributed by atoms with van der Waals surface area (Å²) in [7, 11) is 1.54. The Balaban J connectivity index is 1.73. The minimum atomic E-state index is -4.80. The number of ether oxygens (including phenoxy) is 2. The molecular formula is C22H20F3N3O4. The second-order valence-corrected chi connectivity index (χ2v) is 6.88. The number of anilines is 1. The lowest BCUT2D eigenvalue weighted by Crippen LogP contribution is -2.32. The summed E-state index contributed by atoms with van der Waals surface area (Å²) in [5.41, 5.74) is 1.64. The number of carbonyl (C=O) groups excluding carboxylic acids is 1. The summed E-state index contributed by atoms with van der Waals surface area (Å²) in [6.07, 6.45) is -4.50. The summed E-state index contributed by atoms with van der Waals surface area (Å²) in [5, 5.41) is 6.64. The first-order valence-electron chi connectivity index (χ1n) is 9.50. The van der Waals surface area contributed by atoms with E-state index in [1.54, 1.807) is 26.2 Å². The SMILES string of the molecule is COc1ccccc1Cc1cc(C)nn(CC(=O)Nc2ccc(OC(F)(F)F)cc2)c1=O. The lowest BCUT2D eigenvalue weighted by Gasteiger charge is -2.12. The topological polar surface area (TPSA) is 82.5 Å². The molecule has 0 saturated heterocycles. The zero-order chi connectivity index (χ0) is 23.3. The van der Waals surface area contributed by atoms with E-state index in [-0.39, 0.29) is 12.2 Å². The van der Waals surface area contributed by atoms with E-state index in [4.69, 9.17) is 4.74 Å². The molecule has 3 aromatic rings. The highest BCUT2D eigenvalue weighted by molar-refractivity contribution is 5.90. The Labute approximate surface area is 181 Å². The molecule has 0 aliphatic heterocycles. The summed E-state index contributed by atoms with van der Waals surface area (Å²) in [6.45, 7) is 1.35. The summed E-state index contributed by atoms with van der Waals surface area (Å²) >= 11 is 0. The molecule has 10 heteroatoms. The summed E-state index contributed by atoms with van der Waals surface area (Å²) in [5.74, 6) is -0.324. The van der Waals surface area contributed by atoms with Crippen LogP contribution in [0.25, 0.3) is 0 Å². The Hall–Kier alpha value is -3.82. The van der Waals surface area contributed by atoms with Gasteiger partial charge in [0.15, 0.2) is 0 Å². The van der Waals surface area contributed by atoms with Gasteiger partial charge in [-0.2, -0.15) is 5.10 Å². The van der Waals surface area contributed by atoms with Crippen LogP contribution in [0.1, 0.15) is 16.8 Å². The first-order valence-corrected chi connectivity index (χ1v) is 9.50. The van der Waals surface area contributed by atoms with Crippen molar-refractivity contribution in [1.82, 2.24) is 9.78 Å². The van der Waals surface area contributed by atoms with Crippen LogP contribution >= 0.6 is 0 Å². The molecule has 1 heterocycles. The number of rotatable bonds is 7. The van der Waals surface area contributed by atoms with E-state index < -0.39 is 23.6 Å². The van der Waals surface area contributed by atoms with E-state index >= 15 is 0 Å². The summed E-state index contributed by atoms with van der Waals surface area (Å²) in [6, 6.07) is 13.6. The van der Waals surface area contributed by atoms with Crippen LogP contribution in [-0.2, 0) is 17.8 Å². The molecule has 1 N–H and O–H groups in total. The Kier molecular flexibility index (Phi) is 6.82. The molecule has 0 radical (unpaired) electrons. The molecular weight excluding hydrogens is 427 g/mol. The number of aryl methyl sites for hydroxylation is 1. The third-order valence-electron chi connectivity index (χ3n) is 4.41. The molecule has 7 nitrogen and oxygen atoms in total. The molecule has 2 aromatic carbocycles. The van der Waals surface area contributed by atoms with Gasteiger partial charge in [-0.25, -0.2) is 4.68 Å². The van der Waals surface area contributed by atoms with E-state index in [0.717, 1.165) is 22.4 Å². The average molecular weight is 447 g/mol. The number of alkyl halides is 3. The first-order chi connectivity index (χ1) is 15.1. The maximum absolute atomic E-state index is 12.8. The largest absolute Gasteiger partial charge is 0.573 e. The Morgan fingerprint density at radius 2 is 1.78 bits per heavy atom. The highest BCUT2D eigenvalue weighted by Gasteiger charge is 2.31. The van der Waals surface area contributed by atoms with Gasteiger partial charge in [0.25, 0.3) is 5.56 Å². The number of aromatic nitrogens is 2. The van der Waals surface area contributed by atoms with Crippen molar-refractivity contribution in [3.05, 3.63) is 81.8 Å². The molecule has 32 heavy (non-hydrogen) atoms. The predicted molar refractivity (Wildman–Crippen MR) is 111 cm³/mol. The molecule has 0 aliphatic carbocycles. The molecule has 0 atom stereocenters. The predicted octanol–water partition coefficient (Wildman–Crippen LogP) is 3.69. The zero-order valence-corrected chi connectivity index (χ0v) is 17.3. The molecule has 1 amide bonds. The molecule has 1 aromatic heterocycles. The number of benzene rings is 2. The van der Waals surface area contributed by atoms with Gasteiger partial charge in [0.05, 0.1) is 12.8 Å². The Morgan fingerprint density at radius 1 is 1.09 bits per heavy atom. The fourth-order valence-electron chi connectivity index (χ4n) is 3.11. The van der Waals surface area contributed by atoms with Crippen LogP contribution in [0.2, 0.25) is 0 Å². The molecule has 0 bridgehead atoms. The van der Waals surface area contributed by atoms with Crippen LogP contribution in [0.5, 0.6) is 11.5 Å². The number of nitrogens with one attached hydrogen (secondary N) is 1. The van der Waals surface area contributed by atoms with Crippen molar-refractivity contribution in [3.63, 3.8) is 0 Å². The van der Waals surface area contributed by atoms with Crippen molar-refractivity contribution >= 4 is 11.6 Å². The highest BCUT2D eigenvalue weighted by Crippen LogP contribution is 2.24. The minimum Gasteiger partial charge on any atom is -0.496 e. The number of nitrogens with zero attached hydrogens (tertiary/aromatic N) is 2. The van der Waals surface area contributed by atoms with Crippen LogP contribution in [0.15, 0.2) is 59.4 Å². The quantitative estimate of drug-likeness (QED) is 0.598. The smallest absolute Gasteiger partial charge is 0.496 e. The van der Waals surface area contributed by atoms with Gasteiger partial charge in [0.1, 0.15) is 18.0 Å². The Bertz CT molecular complexity index is 1160. The number of hydrogen-bond donors (Lipinski definition) is 1. The second kappa shape index (κ2) is 9.54. The molecule has 0 saturated carbocycles. The number of para-hydroxylation sites is 1. The van der Waals surface area contributed by atoms with Gasteiger partial charge in [-0.3, -0.25) is 9.59 Å². The van der Waals surface area contributed by atoms with Crippen molar-refractivity contribution in [2.24, 2.45) is 0 Å². The summed E-state index contributed by atoms with van der Waals surface area (Å²) in [4.78, 5) is 25.2. The minimum absolute atomic E-state index is 0.250. The Morgan fingerprint density at radius 3 is 2.44 bits per heavy atom. The normalized spacial score (nSPS) is 11.2. The van der Waals surface area contributed by atoms with Crippen molar-refractivity contribution in [2.75, 3.05) is 12.4 Å². The average Bonchev–Trinajstić information content (AvgIpc) is 2.72. The van der Waals surface area contributed by atoms with Crippen molar-refractivity contribution in [1.29, 1.82) is 0 Å². The van der Waals surface area contributed by atoms with Gasteiger partial charge in [-0.15, -0.1) is 13.2 Å². The van der Waals surface area contributed by atoms with Crippen molar-refractivity contribution in [3.8, 4) is 11.5 Å². The maximum atomic E-state index is 12.8. The molecule has 0 fully saturated rings. The van der Waals surface area contributed by atoms with Gasteiger partial charge in [0.2, 0.25) is 5.91 Å².